The molecule has 71 heavy (non-hydrogen) atoms. The fourth-order valence-corrected chi connectivity index (χ4v) is 10.6. The third kappa shape index (κ3) is 7.80. The van der Waals surface area contributed by atoms with Crippen molar-refractivity contribution in [2.45, 2.75) is 32.5 Å². The molecule has 12 rings (SSSR count). The van der Waals surface area contributed by atoms with Gasteiger partial charge < -0.3 is 28.8 Å². The minimum Gasteiger partial charge on any atom is -0.505 e. The predicted molar refractivity (Wildman–Crippen MR) is 289 cm³/mol. The maximum Gasteiger partial charge on any atom is 0.147 e. The predicted octanol–water partition coefficient (Wildman–Crippen LogP) is 16.6. The molecule has 344 valence electrons. The monoisotopic (exact) mass is 922 g/mol. The van der Waals surface area contributed by atoms with Crippen LogP contribution in [0.25, 0.3) is 77.2 Å². The quantitative estimate of drug-likeness (QED) is 0.128. The average Bonchev–Trinajstić information content (AvgIpc) is 3.93. The highest BCUT2D eigenvalue weighted by molar-refractivity contribution is 6.10. The molecule has 0 amide bonds. The van der Waals surface area contributed by atoms with Crippen LogP contribution in [0.4, 0.5) is 0 Å². The van der Waals surface area contributed by atoms with E-state index in [1.54, 1.807) is 0 Å². The summed E-state index contributed by atoms with van der Waals surface area (Å²) < 4.78 is 18.9. The van der Waals surface area contributed by atoms with Crippen molar-refractivity contribution in [3.63, 3.8) is 0 Å². The number of aromatic nitrogens is 2. The number of phenols is 2. The Labute approximate surface area is 412 Å². The van der Waals surface area contributed by atoms with E-state index in [4.69, 9.17) is 9.47 Å². The van der Waals surface area contributed by atoms with E-state index in [1.807, 2.05) is 121 Å². The number of hydrogen-bond acceptors (Lipinski definition) is 4. The molecule has 0 fully saturated rings. The smallest absolute Gasteiger partial charge is 0.147 e. The van der Waals surface area contributed by atoms with Gasteiger partial charge in [0.15, 0.2) is 0 Å². The molecule has 0 aliphatic carbocycles. The van der Waals surface area contributed by atoms with Gasteiger partial charge in [0.25, 0.3) is 0 Å². The first-order valence-corrected chi connectivity index (χ1v) is 24.2. The number of benzene rings is 10. The van der Waals surface area contributed by atoms with Gasteiger partial charge in [-0.3, -0.25) is 0 Å². The second-order valence-corrected chi connectivity index (χ2v) is 18.4. The minimum atomic E-state index is -0.493. The Morgan fingerprint density at radius 2 is 0.662 bits per heavy atom. The molecule has 0 saturated heterocycles. The normalized spacial score (nSPS) is 12.4. The van der Waals surface area contributed by atoms with E-state index in [0.29, 0.717) is 40.4 Å². The van der Waals surface area contributed by atoms with Gasteiger partial charge in [0, 0.05) is 50.2 Å². The van der Waals surface area contributed by atoms with Gasteiger partial charge in [0.2, 0.25) is 0 Å². The van der Waals surface area contributed by atoms with Gasteiger partial charge in [-0.15, -0.1) is 0 Å². The number of hydrogen-bond donors (Lipinski definition) is 2. The molecule has 0 spiro atoms. The summed E-state index contributed by atoms with van der Waals surface area (Å²) in [6.45, 7) is 4.13. The van der Waals surface area contributed by atoms with Gasteiger partial charge in [-0.1, -0.05) is 170 Å². The molecule has 0 radical (unpaired) electrons. The molecule has 2 atom stereocenters. The van der Waals surface area contributed by atoms with Crippen LogP contribution in [0.2, 0.25) is 0 Å². The third-order valence-corrected chi connectivity index (χ3v) is 13.8. The first kappa shape index (κ1) is 43.3. The maximum absolute atomic E-state index is 12.5. The lowest BCUT2D eigenvalue weighted by molar-refractivity contribution is 0.111. The maximum atomic E-state index is 12.5. The SMILES string of the molecule is Cc1cc(-c2ccccc2OC(C[C@@H](Oc2ccccc2-c2cc(C)cc(-n3c4ccccc4c4ccccc43)c2O)c2ccccc2)c2ccccc2)c(O)c(-n2c3ccccc3c3ccccc32)c1. The number of phenolic OH excluding ortho intramolecular Hbond substituents is 2. The lowest BCUT2D eigenvalue weighted by atomic mass is 9.96. The van der Waals surface area contributed by atoms with Crippen LogP contribution in [0, 0.1) is 13.8 Å². The van der Waals surface area contributed by atoms with Crippen molar-refractivity contribution in [1.82, 2.24) is 9.13 Å². The molecule has 10 aromatic carbocycles. The van der Waals surface area contributed by atoms with Gasteiger partial charge in [0.1, 0.15) is 35.2 Å². The zero-order chi connectivity index (χ0) is 48.0. The van der Waals surface area contributed by atoms with E-state index >= 15 is 0 Å². The summed E-state index contributed by atoms with van der Waals surface area (Å²) in [6, 6.07) is 78.0. The van der Waals surface area contributed by atoms with Crippen molar-refractivity contribution < 1.29 is 19.7 Å². The summed E-state index contributed by atoms with van der Waals surface area (Å²) in [7, 11) is 0. The van der Waals surface area contributed by atoms with Gasteiger partial charge >= 0.3 is 0 Å². The van der Waals surface area contributed by atoms with Crippen LogP contribution in [-0.2, 0) is 0 Å². The van der Waals surface area contributed by atoms with Crippen LogP contribution in [0.3, 0.4) is 0 Å². The van der Waals surface area contributed by atoms with Gasteiger partial charge in [0.05, 0.1) is 33.4 Å². The van der Waals surface area contributed by atoms with Gasteiger partial charge in [-0.05, 0) is 96.8 Å². The van der Waals surface area contributed by atoms with E-state index in [9.17, 15) is 10.2 Å². The summed E-state index contributed by atoms with van der Waals surface area (Å²) in [5.41, 5.74) is 12.3. The number of nitrogens with zero attached hydrogens (tertiary/aromatic N) is 2. The summed E-state index contributed by atoms with van der Waals surface area (Å²) in [5.74, 6) is 1.59. The summed E-state index contributed by atoms with van der Waals surface area (Å²) in [6.07, 6.45) is -0.560. The molecule has 0 aliphatic rings. The lowest BCUT2D eigenvalue weighted by Crippen LogP contribution is -2.17. The van der Waals surface area contributed by atoms with E-state index in [2.05, 4.69) is 132 Å². The van der Waals surface area contributed by atoms with Crippen molar-refractivity contribution in [3.05, 3.63) is 253 Å². The number of aromatic hydroxyl groups is 2. The highest BCUT2D eigenvalue weighted by atomic mass is 16.5. The third-order valence-electron chi connectivity index (χ3n) is 13.8. The first-order valence-electron chi connectivity index (χ1n) is 24.2. The zero-order valence-corrected chi connectivity index (χ0v) is 39.4. The van der Waals surface area contributed by atoms with Crippen molar-refractivity contribution >= 4 is 43.6 Å². The first-order chi connectivity index (χ1) is 34.9. The van der Waals surface area contributed by atoms with Crippen LogP contribution in [-0.4, -0.2) is 19.3 Å². The number of rotatable bonds is 12. The standard InChI is InChI=1S/C65H50N2O4/c1-42-37-52(64(68)58(39-42)66-54-31-15-9-25-46(54)47-26-10-16-32-55(47)66)50-29-13-19-35-60(50)70-62(44-21-5-3-6-22-44)41-63(45-23-7-4-8-24-45)71-61-36-20-14-30-51(61)53-38-43(2)40-59(65(53)69)67-56-33-17-11-27-48(56)49-28-12-18-34-57(49)67/h3-40,62-63,68-69H,41H2,1-2H3/t62-,63?/m1/s1. The molecule has 0 aliphatic heterocycles. The van der Waals surface area contributed by atoms with Gasteiger partial charge in [-0.2, -0.15) is 0 Å². The van der Waals surface area contributed by atoms with Crippen LogP contribution in [0.15, 0.2) is 231 Å². The van der Waals surface area contributed by atoms with Crippen LogP contribution in [0.1, 0.15) is 40.9 Å². The Kier molecular flexibility index (Phi) is 11.1. The summed E-state index contributed by atoms with van der Waals surface area (Å²) in [4.78, 5) is 0. The molecule has 2 heterocycles. The molecule has 0 bridgehead atoms. The fraction of sp³-hybridized carbons (Fsp3) is 0.0769. The average molecular weight is 923 g/mol. The summed E-state index contributed by atoms with van der Waals surface area (Å²) in [5, 5.41) is 29.5. The van der Waals surface area contributed by atoms with Gasteiger partial charge in [-0.25, -0.2) is 0 Å². The number of ether oxygens (including phenoxy) is 2. The fourth-order valence-electron chi connectivity index (χ4n) is 10.6. The highest BCUT2D eigenvalue weighted by Gasteiger charge is 2.28. The Morgan fingerprint density at radius 1 is 0.352 bits per heavy atom. The van der Waals surface area contributed by atoms with Crippen molar-refractivity contribution in [3.8, 4) is 56.6 Å². The van der Waals surface area contributed by atoms with Crippen LogP contribution >= 0.6 is 0 Å². The molecule has 0 saturated carbocycles. The van der Waals surface area contributed by atoms with Crippen LogP contribution < -0.4 is 9.47 Å². The number of fused-ring (bicyclic) bond motifs is 6. The second-order valence-electron chi connectivity index (χ2n) is 18.4. The van der Waals surface area contributed by atoms with E-state index in [1.165, 1.54) is 0 Å². The molecule has 2 N–H and O–H groups in total. The lowest BCUT2D eigenvalue weighted by Gasteiger charge is -2.28. The van der Waals surface area contributed by atoms with Crippen LogP contribution in [0.5, 0.6) is 23.0 Å². The highest BCUT2D eigenvalue weighted by Crippen LogP contribution is 2.47. The van der Waals surface area contributed by atoms with Crippen molar-refractivity contribution in [2.75, 3.05) is 0 Å². The van der Waals surface area contributed by atoms with Crippen molar-refractivity contribution in [1.29, 1.82) is 0 Å². The molecule has 6 nitrogen and oxygen atoms in total. The number of aryl methyl sites for hydroxylation is 2. The van der Waals surface area contributed by atoms with E-state index < -0.39 is 12.2 Å². The molecular weight excluding hydrogens is 873 g/mol. The Bertz CT molecular complexity index is 3570. The van der Waals surface area contributed by atoms with E-state index in [-0.39, 0.29) is 11.5 Å². The molecule has 1 unspecified atom stereocenters. The number of para-hydroxylation sites is 6. The molecule has 2 aromatic heterocycles. The Morgan fingerprint density at radius 3 is 1.03 bits per heavy atom. The largest absolute Gasteiger partial charge is 0.505 e. The topological polar surface area (TPSA) is 68.8 Å². The van der Waals surface area contributed by atoms with Crippen molar-refractivity contribution in [2.24, 2.45) is 0 Å². The Balaban J connectivity index is 0.941. The molecular formula is C65H50N2O4. The zero-order valence-electron chi connectivity index (χ0n) is 39.4. The minimum absolute atomic E-state index is 0.164. The molecule has 6 heteroatoms. The Hall–Kier alpha value is -9.00. The summed E-state index contributed by atoms with van der Waals surface area (Å²) >= 11 is 0. The van der Waals surface area contributed by atoms with E-state index in [0.717, 1.165) is 77.0 Å². The second kappa shape index (κ2) is 18.1. The molecule has 12 aromatic rings.